The lowest BCUT2D eigenvalue weighted by Crippen LogP contribution is -2.25. The monoisotopic (exact) mass is 345 g/mol. The molecule has 0 aliphatic carbocycles. The zero-order valence-corrected chi connectivity index (χ0v) is 13.9. The smallest absolute Gasteiger partial charge is 0.305 e. The zero-order valence-electron chi connectivity index (χ0n) is 13.9. The van der Waals surface area contributed by atoms with Crippen LogP contribution in [0, 0.1) is 0 Å². The highest BCUT2D eigenvalue weighted by atomic mass is 16.5. The second-order valence-electron chi connectivity index (χ2n) is 5.70. The summed E-state index contributed by atoms with van der Waals surface area (Å²) in [5.74, 6) is -1.01. The van der Waals surface area contributed by atoms with Crippen molar-refractivity contribution in [1.29, 1.82) is 0 Å². The maximum Gasteiger partial charge on any atom is 0.305 e. The maximum absolute atomic E-state index is 12.1. The Balaban J connectivity index is 1.94. The number of carboxylic acids is 1. The zero-order chi connectivity index (χ0) is 18.4. The highest BCUT2D eigenvalue weighted by Crippen LogP contribution is 2.16. The Labute approximate surface area is 144 Å². The molecule has 0 bridgehead atoms. The molecule has 0 fully saturated rings. The third-order valence-corrected chi connectivity index (χ3v) is 3.36. The molecule has 3 N–H and O–H groups in total. The molecule has 0 spiro atoms. The van der Waals surface area contributed by atoms with Gasteiger partial charge in [-0.3, -0.25) is 14.4 Å². The van der Waals surface area contributed by atoms with Gasteiger partial charge < -0.3 is 20.3 Å². The van der Waals surface area contributed by atoms with Gasteiger partial charge in [-0.25, -0.2) is 0 Å². The molecule has 25 heavy (non-hydrogen) atoms. The van der Waals surface area contributed by atoms with Crippen molar-refractivity contribution in [2.45, 2.75) is 26.2 Å². The largest absolute Gasteiger partial charge is 0.481 e. The maximum atomic E-state index is 12.1. The number of benzene rings is 1. The Morgan fingerprint density at radius 3 is 2.40 bits per heavy atom. The number of aliphatic carboxylic acids is 1. The minimum absolute atomic E-state index is 0.0526. The standard InChI is InChI=1S/C17H19N3O5/c1-10(2)14-9-13(20-25-14)17(24)19-12-5-3-11(4-6-12)16(23)18-8-7-15(21)22/h3-6,9-10H,7-8H2,1-2H3,(H,18,23)(H,19,24)(H,21,22). The number of hydrogen-bond donors (Lipinski definition) is 3. The molecule has 2 aromatic rings. The number of nitrogens with zero attached hydrogens (tertiary/aromatic N) is 1. The topological polar surface area (TPSA) is 122 Å². The number of hydrogen-bond acceptors (Lipinski definition) is 5. The lowest BCUT2D eigenvalue weighted by molar-refractivity contribution is -0.136. The van der Waals surface area contributed by atoms with E-state index in [4.69, 9.17) is 9.63 Å². The summed E-state index contributed by atoms with van der Waals surface area (Å²) in [6.45, 7) is 3.92. The normalized spacial score (nSPS) is 10.5. The van der Waals surface area contributed by atoms with Crippen LogP contribution in [0.3, 0.4) is 0 Å². The van der Waals surface area contributed by atoms with E-state index in [1.807, 2.05) is 13.8 Å². The van der Waals surface area contributed by atoms with E-state index in [1.165, 1.54) is 12.1 Å². The molecule has 0 saturated heterocycles. The van der Waals surface area contributed by atoms with Gasteiger partial charge in [-0.05, 0) is 24.3 Å². The van der Waals surface area contributed by atoms with Crippen LogP contribution in [0.25, 0.3) is 0 Å². The fourth-order valence-corrected chi connectivity index (χ4v) is 1.95. The predicted octanol–water partition coefficient (Wildman–Crippen LogP) is 2.25. The Hall–Kier alpha value is -3.16. The summed E-state index contributed by atoms with van der Waals surface area (Å²) < 4.78 is 5.08. The second kappa shape index (κ2) is 8.09. The molecule has 132 valence electrons. The first-order valence-electron chi connectivity index (χ1n) is 7.75. The van der Waals surface area contributed by atoms with Crippen LogP contribution in [0.1, 0.15) is 52.8 Å². The van der Waals surface area contributed by atoms with Crippen LogP contribution in [-0.2, 0) is 4.79 Å². The summed E-state index contributed by atoms with van der Waals surface area (Å²) in [6.07, 6.45) is -0.143. The van der Waals surface area contributed by atoms with Crippen LogP contribution >= 0.6 is 0 Å². The van der Waals surface area contributed by atoms with Crippen molar-refractivity contribution in [3.05, 3.63) is 47.3 Å². The Bertz CT molecular complexity index is 765. The summed E-state index contributed by atoms with van der Waals surface area (Å²) in [7, 11) is 0. The molecule has 1 aromatic heterocycles. The van der Waals surface area contributed by atoms with Gasteiger partial charge >= 0.3 is 5.97 Å². The molecule has 0 aliphatic rings. The molecule has 1 heterocycles. The van der Waals surface area contributed by atoms with Crippen LogP contribution in [0.4, 0.5) is 5.69 Å². The van der Waals surface area contributed by atoms with Gasteiger partial charge in [0.25, 0.3) is 11.8 Å². The summed E-state index contributed by atoms with van der Waals surface area (Å²) in [6, 6.07) is 7.81. The van der Waals surface area contributed by atoms with Gasteiger partial charge in [0, 0.05) is 29.8 Å². The van der Waals surface area contributed by atoms with Crippen molar-refractivity contribution in [2.24, 2.45) is 0 Å². The predicted molar refractivity (Wildman–Crippen MR) is 89.6 cm³/mol. The van der Waals surface area contributed by atoms with Crippen LogP contribution in [0.5, 0.6) is 0 Å². The van der Waals surface area contributed by atoms with Crippen LogP contribution in [0.2, 0.25) is 0 Å². The molecule has 8 nitrogen and oxygen atoms in total. The van der Waals surface area contributed by atoms with E-state index in [1.54, 1.807) is 18.2 Å². The molecule has 0 radical (unpaired) electrons. The van der Waals surface area contributed by atoms with Crippen LogP contribution in [0.15, 0.2) is 34.9 Å². The number of anilines is 1. The minimum atomic E-state index is -0.980. The van der Waals surface area contributed by atoms with Gasteiger partial charge in [0.2, 0.25) is 0 Å². The van der Waals surface area contributed by atoms with Gasteiger partial charge in [-0.2, -0.15) is 0 Å². The fourth-order valence-electron chi connectivity index (χ4n) is 1.95. The Morgan fingerprint density at radius 1 is 1.16 bits per heavy atom. The van der Waals surface area contributed by atoms with Crippen molar-refractivity contribution < 1.29 is 24.0 Å². The van der Waals surface area contributed by atoms with Gasteiger partial charge in [0.05, 0.1) is 6.42 Å². The van der Waals surface area contributed by atoms with E-state index in [2.05, 4.69) is 15.8 Å². The fraction of sp³-hybridized carbons (Fsp3) is 0.294. The van der Waals surface area contributed by atoms with E-state index >= 15 is 0 Å². The first-order chi connectivity index (χ1) is 11.9. The molecule has 0 unspecified atom stereocenters. The molecule has 2 rings (SSSR count). The summed E-state index contributed by atoms with van der Waals surface area (Å²) in [5, 5.41) is 17.4. The van der Waals surface area contributed by atoms with E-state index in [0.29, 0.717) is 17.0 Å². The molecule has 0 atom stereocenters. The third-order valence-electron chi connectivity index (χ3n) is 3.36. The number of nitrogens with one attached hydrogen (secondary N) is 2. The number of carbonyl (C=O) groups is 3. The molecule has 0 saturated carbocycles. The molecule has 0 aliphatic heterocycles. The van der Waals surface area contributed by atoms with E-state index < -0.39 is 11.9 Å². The van der Waals surface area contributed by atoms with Crippen molar-refractivity contribution >= 4 is 23.5 Å². The van der Waals surface area contributed by atoms with Crippen molar-refractivity contribution in [2.75, 3.05) is 11.9 Å². The molecule has 1 aromatic carbocycles. The van der Waals surface area contributed by atoms with E-state index in [9.17, 15) is 14.4 Å². The van der Waals surface area contributed by atoms with Crippen LogP contribution < -0.4 is 10.6 Å². The van der Waals surface area contributed by atoms with Crippen molar-refractivity contribution in [3.8, 4) is 0 Å². The highest BCUT2D eigenvalue weighted by Gasteiger charge is 2.15. The SMILES string of the molecule is CC(C)c1cc(C(=O)Nc2ccc(C(=O)NCCC(=O)O)cc2)no1. The lowest BCUT2D eigenvalue weighted by Gasteiger charge is -2.06. The lowest BCUT2D eigenvalue weighted by atomic mass is 10.1. The van der Waals surface area contributed by atoms with Gasteiger partial charge in [0.1, 0.15) is 5.76 Å². The Morgan fingerprint density at radius 2 is 1.84 bits per heavy atom. The second-order valence-corrected chi connectivity index (χ2v) is 5.70. The first-order valence-corrected chi connectivity index (χ1v) is 7.75. The number of amides is 2. The van der Waals surface area contributed by atoms with Crippen LogP contribution in [-0.4, -0.2) is 34.6 Å². The van der Waals surface area contributed by atoms with Gasteiger partial charge in [-0.15, -0.1) is 0 Å². The van der Waals surface area contributed by atoms with Crippen molar-refractivity contribution in [3.63, 3.8) is 0 Å². The van der Waals surface area contributed by atoms with Gasteiger partial charge in [-0.1, -0.05) is 19.0 Å². The van der Waals surface area contributed by atoms with E-state index in [0.717, 1.165) is 0 Å². The summed E-state index contributed by atoms with van der Waals surface area (Å²) in [4.78, 5) is 34.4. The summed E-state index contributed by atoms with van der Waals surface area (Å²) in [5.41, 5.74) is 1.05. The van der Waals surface area contributed by atoms with E-state index in [-0.39, 0.29) is 30.5 Å². The number of carboxylic acid groups (broad SMARTS) is 1. The number of carbonyl (C=O) groups excluding carboxylic acids is 2. The average Bonchev–Trinajstić information content (AvgIpc) is 3.05. The number of rotatable bonds is 7. The molecule has 2 amide bonds. The first kappa shape index (κ1) is 18.2. The molecule has 8 heteroatoms. The Kier molecular flexibility index (Phi) is 5.89. The van der Waals surface area contributed by atoms with Gasteiger partial charge in [0.15, 0.2) is 5.69 Å². The third kappa shape index (κ3) is 5.17. The number of aromatic nitrogens is 1. The highest BCUT2D eigenvalue weighted by molar-refractivity contribution is 6.03. The molecular weight excluding hydrogens is 326 g/mol. The minimum Gasteiger partial charge on any atom is -0.481 e. The average molecular weight is 345 g/mol. The quantitative estimate of drug-likeness (QED) is 0.707. The van der Waals surface area contributed by atoms with Crippen molar-refractivity contribution in [1.82, 2.24) is 10.5 Å². The molecular formula is C17H19N3O5. The summed E-state index contributed by atoms with van der Waals surface area (Å²) >= 11 is 0.